The number of hydrogen-bond donors (Lipinski definition) is 1. The smallest absolute Gasteiger partial charge is 0.253 e. The minimum absolute atomic E-state index is 0.130. The summed E-state index contributed by atoms with van der Waals surface area (Å²) in [5.74, 6) is 0.376. The zero-order valence-corrected chi connectivity index (χ0v) is 17.5. The van der Waals surface area contributed by atoms with Gasteiger partial charge in [-0.3, -0.25) is 4.79 Å². The lowest BCUT2D eigenvalue weighted by Crippen LogP contribution is -2.23. The normalized spacial score (nSPS) is 10.9. The maximum Gasteiger partial charge on any atom is 0.253 e. The van der Waals surface area contributed by atoms with Crippen molar-refractivity contribution in [2.45, 2.75) is 13.1 Å². The van der Waals surface area contributed by atoms with Gasteiger partial charge in [-0.05, 0) is 17.7 Å². The lowest BCUT2D eigenvalue weighted by atomic mass is 10.1. The molecule has 0 atom stereocenters. The Balaban J connectivity index is 1.52. The third-order valence-corrected chi connectivity index (χ3v) is 5.04. The Bertz CT molecular complexity index is 1160. The van der Waals surface area contributed by atoms with Gasteiger partial charge in [-0.2, -0.15) is 0 Å². The molecular weight excluding hydrogens is 390 g/mol. The summed E-state index contributed by atoms with van der Waals surface area (Å²) in [5.41, 5.74) is 3.68. The Labute approximate surface area is 181 Å². The number of nitrogens with zero attached hydrogens (tertiary/aromatic N) is 2. The highest BCUT2D eigenvalue weighted by Crippen LogP contribution is 2.23. The van der Waals surface area contributed by atoms with Crippen LogP contribution in [0.25, 0.3) is 10.9 Å². The molecule has 4 rings (SSSR count). The van der Waals surface area contributed by atoms with Gasteiger partial charge in [-0.25, -0.2) is 4.98 Å². The topological polar surface area (TPSA) is 65.4 Å². The van der Waals surface area contributed by atoms with Crippen LogP contribution in [0.4, 0.5) is 0 Å². The molecule has 4 aromatic rings. The SMILES string of the molecule is COCCOc1ncccc1CNC(=O)c1cn(Cc2ccccc2)c2ccccc12. The monoisotopic (exact) mass is 415 g/mol. The molecule has 0 saturated carbocycles. The van der Waals surface area contributed by atoms with Crippen LogP contribution in [0.1, 0.15) is 21.5 Å². The van der Waals surface area contributed by atoms with E-state index in [9.17, 15) is 4.79 Å². The number of fused-ring (bicyclic) bond motifs is 1. The molecular formula is C25H25N3O3. The van der Waals surface area contributed by atoms with E-state index in [1.807, 2.05) is 60.8 Å². The molecule has 0 fully saturated rings. The highest BCUT2D eigenvalue weighted by Gasteiger charge is 2.16. The van der Waals surface area contributed by atoms with Gasteiger partial charge in [0.15, 0.2) is 0 Å². The Morgan fingerprint density at radius 2 is 1.81 bits per heavy atom. The van der Waals surface area contributed by atoms with Crippen molar-refractivity contribution >= 4 is 16.8 Å². The predicted octanol–water partition coefficient (Wildman–Crippen LogP) is 4.04. The fraction of sp³-hybridized carbons (Fsp3) is 0.200. The molecule has 0 aliphatic rings. The maximum atomic E-state index is 13.1. The molecule has 0 unspecified atom stereocenters. The van der Waals surface area contributed by atoms with Crippen molar-refractivity contribution in [3.63, 3.8) is 0 Å². The first kappa shape index (κ1) is 20.6. The number of carbonyl (C=O) groups is 1. The number of amides is 1. The molecule has 31 heavy (non-hydrogen) atoms. The molecule has 0 bridgehead atoms. The highest BCUT2D eigenvalue weighted by molar-refractivity contribution is 6.07. The standard InChI is InChI=1S/C25H25N3O3/c1-30-14-15-31-25-20(10-7-13-26-25)16-27-24(29)22-18-28(17-19-8-3-2-4-9-19)23-12-6-5-11-21(22)23/h2-13,18H,14-17H2,1H3,(H,27,29). The molecule has 0 spiro atoms. The molecule has 1 N–H and O–H groups in total. The van der Waals surface area contributed by atoms with E-state index in [1.165, 1.54) is 5.56 Å². The quantitative estimate of drug-likeness (QED) is 0.419. The lowest BCUT2D eigenvalue weighted by molar-refractivity contribution is 0.0951. The highest BCUT2D eigenvalue weighted by atomic mass is 16.5. The minimum atomic E-state index is -0.130. The summed E-state index contributed by atoms with van der Waals surface area (Å²) >= 11 is 0. The zero-order chi connectivity index (χ0) is 21.5. The van der Waals surface area contributed by atoms with Crippen LogP contribution >= 0.6 is 0 Å². The summed E-state index contributed by atoms with van der Waals surface area (Å²) in [6.45, 7) is 1.91. The van der Waals surface area contributed by atoms with Gasteiger partial charge in [-0.15, -0.1) is 0 Å². The van der Waals surface area contributed by atoms with Crippen molar-refractivity contribution in [2.75, 3.05) is 20.3 Å². The number of aromatic nitrogens is 2. The van der Waals surface area contributed by atoms with Gasteiger partial charge in [-0.1, -0.05) is 54.6 Å². The fourth-order valence-corrected chi connectivity index (χ4v) is 3.52. The Hall–Kier alpha value is -3.64. The summed E-state index contributed by atoms with van der Waals surface area (Å²) in [6.07, 6.45) is 3.59. The molecule has 2 aromatic carbocycles. The molecule has 6 nitrogen and oxygen atoms in total. The van der Waals surface area contributed by atoms with E-state index in [1.54, 1.807) is 13.3 Å². The first-order chi connectivity index (χ1) is 15.3. The van der Waals surface area contributed by atoms with Gasteiger partial charge in [0.05, 0.1) is 12.2 Å². The van der Waals surface area contributed by atoms with E-state index in [4.69, 9.17) is 9.47 Å². The van der Waals surface area contributed by atoms with Crippen LogP contribution in [0.5, 0.6) is 5.88 Å². The molecule has 6 heteroatoms. The van der Waals surface area contributed by atoms with Crippen molar-refractivity contribution in [2.24, 2.45) is 0 Å². The van der Waals surface area contributed by atoms with Crippen molar-refractivity contribution in [3.8, 4) is 5.88 Å². The molecule has 1 amide bonds. The summed E-state index contributed by atoms with van der Waals surface area (Å²) in [7, 11) is 1.62. The average Bonchev–Trinajstić information content (AvgIpc) is 3.17. The van der Waals surface area contributed by atoms with Gasteiger partial charge in [0.25, 0.3) is 5.91 Å². The van der Waals surface area contributed by atoms with E-state index in [0.717, 1.165) is 16.5 Å². The first-order valence-corrected chi connectivity index (χ1v) is 10.2. The third-order valence-electron chi connectivity index (χ3n) is 5.04. The van der Waals surface area contributed by atoms with Crippen LogP contribution in [0.15, 0.2) is 79.1 Å². The summed E-state index contributed by atoms with van der Waals surface area (Å²) < 4.78 is 12.8. The van der Waals surface area contributed by atoms with Crippen molar-refractivity contribution in [1.29, 1.82) is 0 Å². The number of rotatable bonds is 9. The van der Waals surface area contributed by atoms with Gasteiger partial charge >= 0.3 is 0 Å². The fourth-order valence-electron chi connectivity index (χ4n) is 3.52. The molecule has 0 saturated heterocycles. The third kappa shape index (κ3) is 4.92. The average molecular weight is 415 g/mol. The van der Waals surface area contributed by atoms with Crippen LogP contribution in [0.3, 0.4) is 0 Å². The second kappa shape index (κ2) is 9.91. The van der Waals surface area contributed by atoms with Gasteiger partial charge in [0.2, 0.25) is 5.88 Å². The van der Waals surface area contributed by atoms with Crippen molar-refractivity contribution in [3.05, 3.63) is 95.8 Å². The Morgan fingerprint density at radius 1 is 1.00 bits per heavy atom. The number of hydrogen-bond acceptors (Lipinski definition) is 4. The molecule has 0 aliphatic carbocycles. The Morgan fingerprint density at radius 3 is 2.65 bits per heavy atom. The molecule has 158 valence electrons. The van der Waals surface area contributed by atoms with E-state index >= 15 is 0 Å². The van der Waals surface area contributed by atoms with Crippen molar-refractivity contribution in [1.82, 2.24) is 14.9 Å². The largest absolute Gasteiger partial charge is 0.475 e. The maximum absolute atomic E-state index is 13.1. The number of pyridine rings is 1. The molecule has 0 aliphatic heterocycles. The number of carbonyl (C=O) groups excluding carboxylic acids is 1. The van der Waals surface area contributed by atoms with Crippen LogP contribution < -0.4 is 10.1 Å². The van der Waals surface area contributed by atoms with Gasteiger partial charge in [0.1, 0.15) is 6.61 Å². The summed E-state index contributed by atoms with van der Waals surface area (Å²) in [4.78, 5) is 17.3. The minimum Gasteiger partial charge on any atom is -0.475 e. The van der Waals surface area contributed by atoms with Gasteiger partial charge < -0.3 is 19.4 Å². The second-order valence-corrected chi connectivity index (χ2v) is 7.17. The molecule has 0 radical (unpaired) electrons. The van der Waals surface area contributed by atoms with Gasteiger partial charge in [0, 0.05) is 49.1 Å². The van der Waals surface area contributed by atoms with E-state index in [0.29, 0.717) is 37.7 Å². The Kier molecular flexibility index (Phi) is 6.59. The summed E-state index contributed by atoms with van der Waals surface area (Å²) in [5, 5.41) is 3.94. The van der Waals surface area contributed by atoms with Crippen LogP contribution in [0.2, 0.25) is 0 Å². The van der Waals surface area contributed by atoms with E-state index in [-0.39, 0.29) is 5.91 Å². The summed E-state index contributed by atoms with van der Waals surface area (Å²) in [6, 6.07) is 21.9. The van der Waals surface area contributed by atoms with Crippen LogP contribution in [-0.2, 0) is 17.8 Å². The molecule has 2 heterocycles. The number of ether oxygens (including phenoxy) is 2. The lowest BCUT2D eigenvalue weighted by Gasteiger charge is -2.10. The van der Waals surface area contributed by atoms with E-state index in [2.05, 4.69) is 27.0 Å². The molecule has 2 aromatic heterocycles. The number of methoxy groups -OCH3 is 1. The first-order valence-electron chi connectivity index (χ1n) is 10.2. The second-order valence-electron chi connectivity index (χ2n) is 7.17. The number of benzene rings is 2. The number of nitrogens with one attached hydrogen (secondary N) is 1. The van der Waals surface area contributed by atoms with Crippen LogP contribution in [0, 0.1) is 0 Å². The van der Waals surface area contributed by atoms with E-state index < -0.39 is 0 Å². The number of para-hydroxylation sites is 1. The predicted molar refractivity (Wildman–Crippen MR) is 120 cm³/mol. The zero-order valence-electron chi connectivity index (χ0n) is 17.5. The van der Waals surface area contributed by atoms with Crippen LogP contribution in [-0.4, -0.2) is 35.8 Å². The van der Waals surface area contributed by atoms with Crippen molar-refractivity contribution < 1.29 is 14.3 Å².